The van der Waals surface area contributed by atoms with Crippen LogP contribution in [0.3, 0.4) is 0 Å². The molecule has 1 amide bonds. The van der Waals surface area contributed by atoms with Crippen molar-refractivity contribution in [3.8, 4) is 17.3 Å². The van der Waals surface area contributed by atoms with Gasteiger partial charge < -0.3 is 20.6 Å². The van der Waals surface area contributed by atoms with Crippen molar-refractivity contribution in [3.63, 3.8) is 0 Å². The van der Waals surface area contributed by atoms with Crippen molar-refractivity contribution in [3.05, 3.63) is 60.7 Å². The van der Waals surface area contributed by atoms with Gasteiger partial charge in [0.25, 0.3) is 5.91 Å². The van der Waals surface area contributed by atoms with E-state index < -0.39 is 17.7 Å². The summed E-state index contributed by atoms with van der Waals surface area (Å²) in [5.41, 5.74) is 2.08. The van der Waals surface area contributed by atoms with Crippen molar-refractivity contribution in [2.24, 2.45) is 0 Å². The van der Waals surface area contributed by atoms with Gasteiger partial charge in [0.2, 0.25) is 0 Å². The van der Waals surface area contributed by atoms with Gasteiger partial charge in [-0.25, -0.2) is 23.9 Å². The molecular weight excluding hydrogens is 503 g/mol. The molecule has 1 aliphatic heterocycles. The predicted molar refractivity (Wildman–Crippen MR) is 141 cm³/mol. The molecule has 12 nitrogen and oxygen atoms in total. The van der Waals surface area contributed by atoms with E-state index in [2.05, 4.69) is 40.6 Å². The highest BCUT2D eigenvalue weighted by Gasteiger charge is 2.28. The molecule has 5 heterocycles. The number of aliphatic hydroxyl groups is 1. The number of rotatable bonds is 8. The van der Waals surface area contributed by atoms with Crippen LogP contribution >= 0.6 is 0 Å². The van der Waals surface area contributed by atoms with E-state index in [9.17, 15) is 14.3 Å². The zero-order chi connectivity index (χ0) is 27.6. The monoisotopic (exact) mass is 530 g/mol. The number of hydrogen-bond acceptors (Lipinski definition) is 10. The van der Waals surface area contributed by atoms with Crippen molar-refractivity contribution < 1.29 is 14.3 Å². The average molecular weight is 531 g/mol. The van der Waals surface area contributed by atoms with Gasteiger partial charge in [-0.3, -0.25) is 9.78 Å². The minimum atomic E-state index is -1.65. The van der Waals surface area contributed by atoms with Crippen LogP contribution < -0.4 is 15.5 Å². The van der Waals surface area contributed by atoms with Gasteiger partial charge in [0.05, 0.1) is 70.7 Å². The molecule has 0 radical (unpaired) electrons. The molecule has 1 aliphatic rings. The summed E-state index contributed by atoms with van der Waals surface area (Å²) in [6.45, 7) is 3.78. The van der Waals surface area contributed by atoms with E-state index in [4.69, 9.17) is 5.26 Å². The van der Waals surface area contributed by atoms with Gasteiger partial charge in [-0.2, -0.15) is 10.4 Å². The van der Waals surface area contributed by atoms with E-state index in [1.807, 2.05) is 6.07 Å². The summed E-state index contributed by atoms with van der Waals surface area (Å²) in [5, 5.41) is 29.4. The quantitative estimate of drug-likeness (QED) is 0.308. The minimum absolute atomic E-state index is 0.00229. The summed E-state index contributed by atoms with van der Waals surface area (Å²) in [5.74, 6) is -0.522. The van der Waals surface area contributed by atoms with E-state index in [0.29, 0.717) is 34.7 Å². The first kappa shape index (κ1) is 25.9. The van der Waals surface area contributed by atoms with Gasteiger partial charge >= 0.3 is 0 Å². The predicted octanol–water partition coefficient (Wildman–Crippen LogP) is 1.98. The number of amides is 1. The van der Waals surface area contributed by atoms with Crippen LogP contribution in [-0.4, -0.2) is 78.0 Å². The summed E-state index contributed by atoms with van der Waals surface area (Å²) in [6, 6.07) is 3.77. The molecular formula is C26H27FN10O2. The zero-order valence-electron chi connectivity index (χ0n) is 21.4. The highest BCUT2D eigenvalue weighted by Crippen LogP contribution is 2.28. The zero-order valence-corrected chi connectivity index (χ0v) is 21.4. The molecule has 2 unspecified atom stereocenters. The Morgan fingerprint density at radius 2 is 2.05 bits per heavy atom. The molecule has 0 aliphatic carbocycles. The minimum Gasteiger partial charge on any atom is -0.387 e. The third kappa shape index (κ3) is 5.60. The van der Waals surface area contributed by atoms with E-state index in [-0.39, 0.29) is 18.2 Å². The Labute approximate surface area is 223 Å². The Morgan fingerprint density at radius 3 is 2.79 bits per heavy atom. The molecule has 0 saturated carbocycles. The third-order valence-electron chi connectivity index (χ3n) is 6.58. The van der Waals surface area contributed by atoms with Crippen molar-refractivity contribution in [1.29, 1.82) is 5.26 Å². The molecule has 0 aromatic carbocycles. The van der Waals surface area contributed by atoms with Crippen LogP contribution in [-0.2, 0) is 0 Å². The fourth-order valence-electron chi connectivity index (χ4n) is 4.33. The van der Waals surface area contributed by atoms with Crippen LogP contribution in [0.2, 0.25) is 0 Å². The first-order valence-corrected chi connectivity index (χ1v) is 12.4. The number of alkyl halides is 1. The number of fused-ring (bicyclic) bond motifs is 1. The largest absolute Gasteiger partial charge is 0.387 e. The third-order valence-corrected chi connectivity index (χ3v) is 6.58. The van der Waals surface area contributed by atoms with Crippen molar-refractivity contribution in [2.45, 2.75) is 38.1 Å². The lowest BCUT2D eigenvalue weighted by atomic mass is 10.0. The molecule has 3 N–H and O–H groups in total. The van der Waals surface area contributed by atoms with Crippen LogP contribution in [0.15, 0.2) is 49.6 Å². The molecule has 39 heavy (non-hydrogen) atoms. The summed E-state index contributed by atoms with van der Waals surface area (Å²) >= 11 is 0. The first-order chi connectivity index (χ1) is 18.7. The van der Waals surface area contributed by atoms with Crippen LogP contribution in [0.4, 0.5) is 15.8 Å². The number of nitrogens with zero attached hydrogens (tertiary/aromatic N) is 8. The Bertz CT molecular complexity index is 1530. The Balaban J connectivity index is 1.44. The first-order valence-electron chi connectivity index (χ1n) is 12.4. The molecule has 200 valence electrons. The highest BCUT2D eigenvalue weighted by molar-refractivity contribution is 6.00. The number of carbonyl (C=O) groups is 1. The summed E-state index contributed by atoms with van der Waals surface area (Å²) in [6.07, 6.45) is 10.2. The van der Waals surface area contributed by atoms with E-state index >= 15 is 0 Å². The maximum atomic E-state index is 14.3. The number of anilines is 2. The number of hydrogen-bond donors (Lipinski definition) is 3. The fourth-order valence-corrected chi connectivity index (χ4v) is 4.33. The van der Waals surface area contributed by atoms with Crippen LogP contribution in [0.5, 0.6) is 0 Å². The fraction of sp³-hybridized carbons (Fsp3) is 0.346. The summed E-state index contributed by atoms with van der Waals surface area (Å²) in [4.78, 5) is 32.3. The molecule has 4 aromatic heterocycles. The molecule has 4 aromatic rings. The SMILES string of the molecule is CC(C)(O)C(F)CNC(=O)c1cnc(-c2cnn3cc(C#N)cnc23)cc1NC1CCN(c2cncnc2)C1. The molecule has 2 atom stereocenters. The number of pyridine rings is 1. The normalized spacial score (nSPS) is 16.2. The molecule has 13 heteroatoms. The van der Waals surface area contributed by atoms with Crippen molar-refractivity contribution in [1.82, 2.24) is 34.9 Å². The van der Waals surface area contributed by atoms with Gasteiger partial charge in [-0.15, -0.1) is 0 Å². The second-order valence-corrected chi connectivity index (χ2v) is 9.90. The molecule has 0 spiro atoms. The Kier molecular flexibility index (Phi) is 7.03. The topological polar surface area (TPSA) is 157 Å². The Morgan fingerprint density at radius 1 is 1.26 bits per heavy atom. The second kappa shape index (κ2) is 10.6. The number of aromatic nitrogens is 6. The van der Waals surface area contributed by atoms with E-state index in [0.717, 1.165) is 18.7 Å². The summed E-state index contributed by atoms with van der Waals surface area (Å²) in [7, 11) is 0. The van der Waals surface area contributed by atoms with Gasteiger partial charge in [0.1, 0.15) is 18.6 Å². The lowest BCUT2D eigenvalue weighted by Crippen LogP contribution is -2.42. The van der Waals surface area contributed by atoms with Crippen molar-refractivity contribution in [2.75, 3.05) is 29.9 Å². The number of halogens is 1. The van der Waals surface area contributed by atoms with Gasteiger partial charge in [0, 0.05) is 31.5 Å². The number of carbonyl (C=O) groups excluding carboxylic acids is 1. The maximum absolute atomic E-state index is 14.3. The number of nitrogens with one attached hydrogen (secondary N) is 2. The smallest absolute Gasteiger partial charge is 0.255 e. The Hall–Kier alpha value is -4.70. The standard InChI is InChI=1S/C26H27FN10O2/c1-26(2,39)23(27)12-33-25(38)20-10-31-21(19-11-34-37-13-16(6-28)7-32-24(19)37)5-22(20)35-17-3-4-36(14-17)18-8-29-15-30-9-18/h5,7-11,13,15,17,23,39H,3-4,12,14H2,1-2H3,(H,31,35)(H,33,38). The van der Waals surface area contributed by atoms with Gasteiger partial charge in [0.15, 0.2) is 5.65 Å². The highest BCUT2D eigenvalue weighted by atomic mass is 19.1. The lowest BCUT2D eigenvalue weighted by Gasteiger charge is -2.23. The maximum Gasteiger partial charge on any atom is 0.255 e. The van der Waals surface area contributed by atoms with Gasteiger partial charge in [-0.1, -0.05) is 0 Å². The van der Waals surface area contributed by atoms with E-state index in [1.54, 1.807) is 30.9 Å². The number of nitriles is 1. The van der Waals surface area contributed by atoms with Gasteiger partial charge in [-0.05, 0) is 26.3 Å². The van der Waals surface area contributed by atoms with Crippen LogP contribution in [0.1, 0.15) is 36.2 Å². The second-order valence-electron chi connectivity index (χ2n) is 9.90. The van der Waals surface area contributed by atoms with Crippen LogP contribution in [0, 0.1) is 11.3 Å². The lowest BCUT2D eigenvalue weighted by molar-refractivity contribution is -0.00177. The molecule has 1 saturated heterocycles. The van der Waals surface area contributed by atoms with E-state index in [1.165, 1.54) is 37.1 Å². The molecule has 0 bridgehead atoms. The molecule has 1 fully saturated rings. The average Bonchev–Trinajstić information content (AvgIpc) is 3.58. The van der Waals surface area contributed by atoms with Crippen LogP contribution in [0.25, 0.3) is 16.9 Å². The van der Waals surface area contributed by atoms with Crippen molar-refractivity contribution >= 4 is 22.9 Å². The molecule has 5 rings (SSSR count). The summed E-state index contributed by atoms with van der Waals surface area (Å²) < 4.78 is 15.8.